The van der Waals surface area contributed by atoms with Gasteiger partial charge in [-0.3, -0.25) is 0 Å². The largest absolute Gasteiger partial charge is 0.383 e. The van der Waals surface area contributed by atoms with Crippen LogP contribution in [0.3, 0.4) is 0 Å². The van der Waals surface area contributed by atoms with Crippen molar-refractivity contribution < 1.29 is 0 Å². The molecule has 1 saturated heterocycles. The first-order valence-corrected chi connectivity index (χ1v) is 7.11. The maximum absolute atomic E-state index is 6.09. The van der Waals surface area contributed by atoms with E-state index in [0.29, 0.717) is 17.8 Å². The Morgan fingerprint density at radius 2 is 1.84 bits per heavy atom. The molecular formula is C15H26N4. The van der Waals surface area contributed by atoms with Crippen molar-refractivity contribution >= 4 is 11.6 Å². The summed E-state index contributed by atoms with van der Waals surface area (Å²) >= 11 is 0. The minimum absolute atomic E-state index is 0.0782. The molecule has 2 heterocycles. The highest BCUT2D eigenvalue weighted by Crippen LogP contribution is 2.33. The van der Waals surface area contributed by atoms with Crippen LogP contribution < -0.4 is 10.6 Å². The molecule has 106 valence electrons. The number of nitrogens with zero attached hydrogens (tertiary/aromatic N) is 3. The summed E-state index contributed by atoms with van der Waals surface area (Å²) in [4.78, 5) is 11.6. The van der Waals surface area contributed by atoms with Gasteiger partial charge >= 0.3 is 0 Å². The van der Waals surface area contributed by atoms with Gasteiger partial charge in [-0.2, -0.15) is 0 Å². The standard InChI is InChI=1S/C15H26N4/c1-9-7-10(2)19(8-9)13-11(3)12(16)17-14(18-13)15(4,5)6/h9-10H,7-8H2,1-6H3,(H2,16,17,18). The highest BCUT2D eigenvalue weighted by atomic mass is 15.2. The van der Waals surface area contributed by atoms with Gasteiger partial charge in [0.2, 0.25) is 0 Å². The molecule has 2 rings (SSSR count). The second-order valence-corrected chi connectivity index (χ2v) is 6.97. The quantitative estimate of drug-likeness (QED) is 0.845. The monoisotopic (exact) mass is 262 g/mol. The van der Waals surface area contributed by atoms with Crippen LogP contribution in [0.4, 0.5) is 11.6 Å². The normalized spacial score (nSPS) is 24.0. The zero-order valence-corrected chi connectivity index (χ0v) is 13.0. The molecular weight excluding hydrogens is 236 g/mol. The first-order chi connectivity index (χ1) is 8.70. The molecule has 1 aromatic heterocycles. The second kappa shape index (κ2) is 4.66. The van der Waals surface area contributed by atoms with Gasteiger partial charge in [0.15, 0.2) is 0 Å². The van der Waals surface area contributed by atoms with E-state index in [4.69, 9.17) is 10.7 Å². The van der Waals surface area contributed by atoms with E-state index < -0.39 is 0 Å². The molecule has 4 heteroatoms. The summed E-state index contributed by atoms with van der Waals surface area (Å²) in [5.74, 6) is 3.18. The van der Waals surface area contributed by atoms with Crippen molar-refractivity contribution in [1.82, 2.24) is 9.97 Å². The lowest BCUT2D eigenvalue weighted by molar-refractivity contribution is 0.543. The Labute approximate surface area is 116 Å². The maximum atomic E-state index is 6.09. The van der Waals surface area contributed by atoms with Gasteiger partial charge in [-0.1, -0.05) is 27.7 Å². The van der Waals surface area contributed by atoms with Crippen molar-refractivity contribution in [3.8, 4) is 0 Å². The second-order valence-electron chi connectivity index (χ2n) is 6.97. The Balaban J connectivity index is 2.48. The van der Waals surface area contributed by atoms with Crippen molar-refractivity contribution in [3.05, 3.63) is 11.4 Å². The van der Waals surface area contributed by atoms with E-state index in [-0.39, 0.29) is 5.41 Å². The number of nitrogen functional groups attached to an aromatic ring is 1. The zero-order chi connectivity index (χ0) is 14.4. The van der Waals surface area contributed by atoms with E-state index in [1.54, 1.807) is 0 Å². The molecule has 1 aliphatic rings. The first-order valence-electron chi connectivity index (χ1n) is 7.11. The third-order valence-electron chi connectivity index (χ3n) is 3.88. The summed E-state index contributed by atoms with van der Waals surface area (Å²) in [6.45, 7) is 14.0. The third kappa shape index (κ3) is 2.67. The van der Waals surface area contributed by atoms with Crippen molar-refractivity contribution in [1.29, 1.82) is 0 Å². The summed E-state index contributed by atoms with van der Waals surface area (Å²) in [6.07, 6.45) is 1.22. The molecule has 0 spiro atoms. The van der Waals surface area contributed by atoms with Crippen LogP contribution in [-0.4, -0.2) is 22.6 Å². The minimum Gasteiger partial charge on any atom is -0.383 e. The average molecular weight is 262 g/mol. The van der Waals surface area contributed by atoms with Gasteiger partial charge in [-0.15, -0.1) is 0 Å². The van der Waals surface area contributed by atoms with Gasteiger partial charge in [-0.05, 0) is 26.2 Å². The lowest BCUT2D eigenvalue weighted by Crippen LogP contribution is -2.30. The maximum Gasteiger partial charge on any atom is 0.138 e. The highest BCUT2D eigenvalue weighted by Gasteiger charge is 2.30. The molecule has 1 aliphatic heterocycles. The van der Waals surface area contributed by atoms with Gasteiger partial charge < -0.3 is 10.6 Å². The van der Waals surface area contributed by atoms with Crippen LogP contribution in [-0.2, 0) is 5.41 Å². The van der Waals surface area contributed by atoms with Gasteiger partial charge in [0.1, 0.15) is 17.5 Å². The van der Waals surface area contributed by atoms with Crippen LogP contribution in [0.25, 0.3) is 0 Å². The van der Waals surface area contributed by atoms with Crippen molar-refractivity contribution in [2.24, 2.45) is 5.92 Å². The smallest absolute Gasteiger partial charge is 0.138 e. The topological polar surface area (TPSA) is 55.0 Å². The molecule has 0 amide bonds. The van der Waals surface area contributed by atoms with E-state index in [0.717, 1.165) is 23.8 Å². The molecule has 19 heavy (non-hydrogen) atoms. The van der Waals surface area contributed by atoms with Crippen LogP contribution in [0.5, 0.6) is 0 Å². The van der Waals surface area contributed by atoms with E-state index in [1.165, 1.54) is 6.42 Å². The van der Waals surface area contributed by atoms with Crippen LogP contribution in [0, 0.1) is 12.8 Å². The fourth-order valence-corrected chi connectivity index (χ4v) is 2.73. The fraction of sp³-hybridized carbons (Fsp3) is 0.733. The molecule has 1 aromatic rings. The predicted octanol–water partition coefficient (Wildman–Crippen LogP) is 2.90. The third-order valence-corrected chi connectivity index (χ3v) is 3.88. The Bertz CT molecular complexity index is 476. The molecule has 2 N–H and O–H groups in total. The molecule has 0 radical (unpaired) electrons. The Morgan fingerprint density at radius 3 is 2.32 bits per heavy atom. The lowest BCUT2D eigenvalue weighted by atomic mass is 9.95. The van der Waals surface area contributed by atoms with Crippen LogP contribution in [0.1, 0.15) is 52.4 Å². The van der Waals surface area contributed by atoms with Gasteiger partial charge in [-0.25, -0.2) is 9.97 Å². The Kier molecular flexibility index (Phi) is 3.45. The summed E-state index contributed by atoms with van der Waals surface area (Å²) in [7, 11) is 0. The zero-order valence-electron chi connectivity index (χ0n) is 13.0. The highest BCUT2D eigenvalue weighted by molar-refractivity contribution is 5.58. The molecule has 0 aromatic carbocycles. The fourth-order valence-electron chi connectivity index (χ4n) is 2.73. The average Bonchev–Trinajstić information content (AvgIpc) is 2.60. The molecule has 2 atom stereocenters. The molecule has 1 fully saturated rings. The number of hydrogen-bond acceptors (Lipinski definition) is 4. The number of hydrogen-bond donors (Lipinski definition) is 1. The van der Waals surface area contributed by atoms with Gasteiger partial charge in [0.25, 0.3) is 0 Å². The predicted molar refractivity (Wildman–Crippen MR) is 80.5 cm³/mol. The summed E-state index contributed by atoms with van der Waals surface area (Å²) in [5.41, 5.74) is 7.02. The Morgan fingerprint density at radius 1 is 1.21 bits per heavy atom. The van der Waals surface area contributed by atoms with Crippen molar-refractivity contribution in [2.75, 3.05) is 17.2 Å². The Hall–Kier alpha value is -1.32. The molecule has 0 bridgehead atoms. The van der Waals surface area contributed by atoms with Crippen molar-refractivity contribution in [2.45, 2.75) is 59.4 Å². The van der Waals surface area contributed by atoms with E-state index in [9.17, 15) is 0 Å². The molecule has 2 unspecified atom stereocenters. The van der Waals surface area contributed by atoms with Gasteiger partial charge in [0.05, 0.1) is 0 Å². The van der Waals surface area contributed by atoms with E-state index in [2.05, 4.69) is 44.5 Å². The molecule has 0 aliphatic carbocycles. The SMILES string of the molecule is Cc1c(N)nc(C(C)(C)C)nc1N1CC(C)CC1C. The number of anilines is 2. The minimum atomic E-state index is -0.0782. The van der Waals surface area contributed by atoms with Crippen LogP contribution >= 0.6 is 0 Å². The van der Waals surface area contributed by atoms with Crippen LogP contribution in [0.15, 0.2) is 0 Å². The van der Waals surface area contributed by atoms with E-state index in [1.807, 2.05) is 6.92 Å². The summed E-state index contributed by atoms with van der Waals surface area (Å²) < 4.78 is 0. The number of nitrogens with two attached hydrogens (primary N) is 1. The summed E-state index contributed by atoms with van der Waals surface area (Å²) in [5, 5.41) is 0. The number of aromatic nitrogens is 2. The van der Waals surface area contributed by atoms with Gasteiger partial charge in [0, 0.05) is 23.6 Å². The van der Waals surface area contributed by atoms with E-state index >= 15 is 0 Å². The lowest BCUT2D eigenvalue weighted by Gasteiger charge is -2.27. The van der Waals surface area contributed by atoms with Crippen molar-refractivity contribution in [3.63, 3.8) is 0 Å². The molecule has 4 nitrogen and oxygen atoms in total. The summed E-state index contributed by atoms with van der Waals surface area (Å²) in [6, 6.07) is 0.524. The number of rotatable bonds is 1. The van der Waals surface area contributed by atoms with Crippen LogP contribution in [0.2, 0.25) is 0 Å². The first kappa shape index (κ1) is 14.1. The molecule has 0 saturated carbocycles.